The molecule has 0 spiro atoms. The number of carbonyl (C=O) groups is 1. The van der Waals surface area contributed by atoms with E-state index in [-0.39, 0.29) is 5.69 Å². The van der Waals surface area contributed by atoms with E-state index in [9.17, 15) is 4.79 Å². The molecule has 120 valence electrons. The second kappa shape index (κ2) is 5.81. The topological polar surface area (TPSA) is 68.5 Å². The second-order valence-electron chi connectivity index (χ2n) is 6.57. The molecule has 3 aliphatic rings. The first-order valence-electron chi connectivity index (χ1n) is 8.27. The van der Waals surface area contributed by atoms with Crippen LogP contribution in [0.3, 0.4) is 0 Å². The van der Waals surface area contributed by atoms with Gasteiger partial charge in [0.25, 0.3) is 5.91 Å². The maximum atomic E-state index is 11.4. The quantitative estimate of drug-likeness (QED) is 0.940. The molecule has 0 saturated carbocycles. The van der Waals surface area contributed by atoms with Crippen LogP contribution >= 0.6 is 0 Å². The number of nitrogens with zero attached hydrogens (tertiary/aromatic N) is 2. The number of fused-ring (bicyclic) bond motifs is 4. The third kappa shape index (κ3) is 2.77. The molecule has 23 heavy (non-hydrogen) atoms. The van der Waals surface area contributed by atoms with Crippen molar-refractivity contribution in [2.45, 2.75) is 25.3 Å². The van der Waals surface area contributed by atoms with Gasteiger partial charge in [0.1, 0.15) is 23.6 Å². The lowest BCUT2D eigenvalue weighted by Gasteiger charge is -2.45. The lowest BCUT2D eigenvalue weighted by molar-refractivity contribution is 0.0241. The fourth-order valence-corrected chi connectivity index (χ4v) is 3.82. The van der Waals surface area contributed by atoms with Crippen LogP contribution in [-0.4, -0.2) is 41.5 Å². The van der Waals surface area contributed by atoms with Gasteiger partial charge < -0.3 is 10.5 Å². The Kier molecular flexibility index (Phi) is 3.65. The number of amides is 1. The van der Waals surface area contributed by atoms with Gasteiger partial charge in [0.15, 0.2) is 0 Å². The molecular formula is C18H21N3O2. The number of para-hydroxylation sites is 1. The zero-order chi connectivity index (χ0) is 15.8. The maximum absolute atomic E-state index is 11.4. The summed E-state index contributed by atoms with van der Waals surface area (Å²) in [5, 5.41) is 0.956. The lowest BCUT2D eigenvalue weighted by Crippen LogP contribution is -2.51. The number of benzene rings is 1. The molecule has 2 N–H and O–H groups in total. The Morgan fingerprint density at radius 3 is 2.78 bits per heavy atom. The number of nitrogens with two attached hydrogens (primary N) is 1. The maximum Gasteiger partial charge on any atom is 0.267 e. The Balaban J connectivity index is 1.56. The van der Waals surface area contributed by atoms with Crippen molar-refractivity contribution in [3.8, 4) is 5.75 Å². The molecule has 1 amide bonds. The molecule has 1 aromatic carbocycles. The summed E-state index contributed by atoms with van der Waals surface area (Å²) in [5.41, 5.74) is 6.32. The van der Waals surface area contributed by atoms with Crippen molar-refractivity contribution < 1.29 is 9.53 Å². The average molecular weight is 311 g/mol. The predicted molar refractivity (Wildman–Crippen MR) is 88.5 cm³/mol. The van der Waals surface area contributed by atoms with E-state index in [0.29, 0.717) is 18.2 Å². The van der Waals surface area contributed by atoms with Crippen LogP contribution in [0.1, 0.15) is 29.8 Å². The summed E-state index contributed by atoms with van der Waals surface area (Å²) in [4.78, 5) is 18.3. The molecule has 5 heteroatoms. The Morgan fingerprint density at radius 1 is 1.26 bits per heavy atom. The molecule has 0 radical (unpaired) electrons. The van der Waals surface area contributed by atoms with Crippen molar-refractivity contribution >= 4 is 16.8 Å². The van der Waals surface area contributed by atoms with Crippen molar-refractivity contribution in [2.75, 3.05) is 19.7 Å². The van der Waals surface area contributed by atoms with E-state index in [1.54, 1.807) is 6.07 Å². The van der Waals surface area contributed by atoms with Gasteiger partial charge in [0.2, 0.25) is 0 Å². The number of ether oxygens (including phenoxy) is 1. The highest BCUT2D eigenvalue weighted by Crippen LogP contribution is 2.32. The van der Waals surface area contributed by atoms with Gasteiger partial charge in [0.05, 0.1) is 0 Å². The molecule has 3 aliphatic heterocycles. The average Bonchev–Trinajstić information content (AvgIpc) is 2.60. The minimum atomic E-state index is -0.516. The standard InChI is InChI=1S/C18H21N3O2/c19-18(22)15-5-4-13-2-1-3-16(17(13)20-15)23-11-14-10-12-6-8-21(14)9-7-12/h1-5,12,14H,6-11H2,(H2,19,22). The Morgan fingerprint density at radius 2 is 2.09 bits per heavy atom. The number of piperidine rings is 3. The summed E-state index contributed by atoms with van der Waals surface area (Å²) in [6.07, 6.45) is 3.88. The van der Waals surface area contributed by atoms with E-state index in [4.69, 9.17) is 10.5 Å². The summed E-state index contributed by atoms with van der Waals surface area (Å²) < 4.78 is 6.09. The van der Waals surface area contributed by atoms with Crippen LogP contribution in [0.5, 0.6) is 5.75 Å². The van der Waals surface area contributed by atoms with Gasteiger partial charge in [-0.15, -0.1) is 0 Å². The Labute approximate surface area is 135 Å². The van der Waals surface area contributed by atoms with Crippen LogP contribution in [0.25, 0.3) is 10.9 Å². The van der Waals surface area contributed by atoms with Gasteiger partial charge in [-0.1, -0.05) is 18.2 Å². The summed E-state index contributed by atoms with van der Waals surface area (Å²) >= 11 is 0. The second-order valence-corrected chi connectivity index (χ2v) is 6.57. The number of rotatable bonds is 4. The van der Waals surface area contributed by atoms with E-state index in [1.165, 1.54) is 32.4 Å². The first-order chi connectivity index (χ1) is 11.2. The van der Waals surface area contributed by atoms with Crippen LogP contribution in [0, 0.1) is 5.92 Å². The van der Waals surface area contributed by atoms with E-state index in [0.717, 1.165) is 17.1 Å². The zero-order valence-corrected chi connectivity index (χ0v) is 13.1. The zero-order valence-electron chi connectivity index (χ0n) is 13.1. The molecule has 3 saturated heterocycles. The Hall–Kier alpha value is -2.14. The molecule has 1 unspecified atom stereocenters. The van der Waals surface area contributed by atoms with E-state index >= 15 is 0 Å². The molecule has 5 rings (SSSR count). The molecule has 3 fully saturated rings. The van der Waals surface area contributed by atoms with Crippen molar-refractivity contribution in [1.82, 2.24) is 9.88 Å². The van der Waals surface area contributed by atoms with Crippen molar-refractivity contribution in [2.24, 2.45) is 11.7 Å². The number of aromatic nitrogens is 1. The smallest absolute Gasteiger partial charge is 0.267 e. The number of pyridine rings is 1. The number of primary amides is 1. The van der Waals surface area contributed by atoms with Crippen LogP contribution in [0.15, 0.2) is 30.3 Å². The first kappa shape index (κ1) is 14.5. The molecule has 5 nitrogen and oxygen atoms in total. The van der Waals surface area contributed by atoms with Crippen LogP contribution < -0.4 is 10.5 Å². The summed E-state index contributed by atoms with van der Waals surface area (Å²) in [7, 11) is 0. The third-order valence-electron chi connectivity index (χ3n) is 5.14. The third-order valence-corrected chi connectivity index (χ3v) is 5.14. The molecule has 4 heterocycles. The summed E-state index contributed by atoms with van der Waals surface area (Å²) in [6.45, 7) is 3.06. The van der Waals surface area contributed by atoms with Gasteiger partial charge in [-0.2, -0.15) is 0 Å². The normalized spacial score (nSPS) is 26.3. The monoisotopic (exact) mass is 311 g/mol. The minimum absolute atomic E-state index is 0.272. The fraction of sp³-hybridized carbons (Fsp3) is 0.444. The predicted octanol–water partition coefficient (Wildman–Crippen LogP) is 2.20. The molecule has 1 aromatic heterocycles. The minimum Gasteiger partial charge on any atom is -0.490 e. The first-order valence-corrected chi connectivity index (χ1v) is 8.27. The SMILES string of the molecule is NC(=O)c1ccc2cccc(OCC3CC4CCN3CC4)c2n1. The molecule has 1 atom stereocenters. The van der Waals surface area contributed by atoms with Crippen molar-refractivity contribution in [1.29, 1.82) is 0 Å². The van der Waals surface area contributed by atoms with Gasteiger partial charge in [-0.25, -0.2) is 4.98 Å². The van der Waals surface area contributed by atoms with Gasteiger partial charge in [-0.3, -0.25) is 9.69 Å². The fourth-order valence-electron chi connectivity index (χ4n) is 3.82. The Bertz CT molecular complexity index is 738. The van der Waals surface area contributed by atoms with E-state index in [2.05, 4.69) is 9.88 Å². The highest BCUT2D eigenvalue weighted by Gasteiger charge is 2.33. The summed E-state index contributed by atoms with van der Waals surface area (Å²) in [5.74, 6) is 1.08. The number of hydrogen-bond donors (Lipinski definition) is 1. The van der Waals surface area contributed by atoms with Gasteiger partial charge in [0, 0.05) is 11.4 Å². The molecule has 2 bridgehead atoms. The lowest BCUT2D eigenvalue weighted by atomic mass is 9.83. The van der Waals surface area contributed by atoms with Crippen LogP contribution in [0.2, 0.25) is 0 Å². The molecule has 2 aromatic rings. The highest BCUT2D eigenvalue weighted by atomic mass is 16.5. The molecular weight excluding hydrogens is 290 g/mol. The summed E-state index contributed by atoms with van der Waals surface area (Å²) in [6, 6.07) is 9.85. The number of hydrogen-bond acceptors (Lipinski definition) is 4. The van der Waals surface area contributed by atoms with E-state index in [1.807, 2.05) is 24.3 Å². The van der Waals surface area contributed by atoms with E-state index < -0.39 is 5.91 Å². The van der Waals surface area contributed by atoms with Crippen LogP contribution in [-0.2, 0) is 0 Å². The van der Waals surface area contributed by atoms with Crippen molar-refractivity contribution in [3.05, 3.63) is 36.0 Å². The van der Waals surface area contributed by atoms with Gasteiger partial charge in [-0.05, 0) is 50.4 Å². The highest BCUT2D eigenvalue weighted by molar-refractivity contribution is 5.94. The van der Waals surface area contributed by atoms with Crippen LogP contribution in [0.4, 0.5) is 0 Å². The van der Waals surface area contributed by atoms with Gasteiger partial charge >= 0.3 is 0 Å². The molecule has 0 aliphatic carbocycles. The van der Waals surface area contributed by atoms with Crippen molar-refractivity contribution in [3.63, 3.8) is 0 Å². The largest absolute Gasteiger partial charge is 0.490 e. The number of carbonyl (C=O) groups excluding carboxylic acids is 1.